The molecule has 2 atom stereocenters. The van der Waals surface area contributed by atoms with E-state index in [1.807, 2.05) is 0 Å². The Morgan fingerprint density at radius 1 is 1.58 bits per heavy atom. The highest BCUT2D eigenvalue weighted by atomic mass is 16.5. The Morgan fingerprint density at radius 2 is 2.25 bits per heavy atom. The molecule has 1 aliphatic rings. The number of carbonyl (C=O) groups excluding carboxylic acids is 1. The van der Waals surface area contributed by atoms with Crippen LogP contribution in [0.3, 0.4) is 0 Å². The summed E-state index contributed by atoms with van der Waals surface area (Å²) in [6, 6.07) is 0. The third kappa shape index (κ3) is 2.22. The minimum absolute atomic E-state index is 0.0153. The van der Waals surface area contributed by atoms with Crippen LogP contribution in [0.1, 0.15) is 19.8 Å². The molecule has 0 saturated heterocycles. The van der Waals surface area contributed by atoms with E-state index >= 15 is 0 Å². The molecule has 12 heavy (non-hydrogen) atoms. The topological polar surface area (TPSA) is 63.6 Å². The van der Waals surface area contributed by atoms with E-state index in [1.165, 1.54) is 0 Å². The third-order valence-electron chi connectivity index (χ3n) is 1.95. The van der Waals surface area contributed by atoms with Crippen LogP contribution in [0.2, 0.25) is 0 Å². The van der Waals surface area contributed by atoms with E-state index in [4.69, 9.17) is 9.84 Å². The van der Waals surface area contributed by atoms with Gasteiger partial charge in [-0.1, -0.05) is 0 Å². The number of esters is 1. The zero-order valence-corrected chi connectivity index (χ0v) is 6.95. The van der Waals surface area contributed by atoms with Gasteiger partial charge in [0.2, 0.25) is 0 Å². The SMILES string of the molecule is CCOC(=O)[C@@H]1C[C@H]1CC(=O)O. The molecule has 0 aliphatic heterocycles. The number of carboxylic acid groups (broad SMARTS) is 1. The summed E-state index contributed by atoms with van der Waals surface area (Å²) in [7, 11) is 0. The lowest BCUT2D eigenvalue weighted by atomic mass is 10.2. The smallest absolute Gasteiger partial charge is 0.309 e. The summed E-state index contributed by atoms with van der Waals surface area (Å²) < 4.78 is 4.75. The average Bonchev–Trinajstić information content (AvgIpc) is 2.67. The van der Waals surface area contributed by atoms with Crippen molar-refractivity contribution in [3.05, 3.63) is 0 Å². The van der Waals surface area contributed by atoms with E-state index in [1.54, 1.807) is 6.92 Å². The van der Waals surface area contributed by atoms with Gasteiger partial charge in [-0.05, 0) is 19.3 Å². The predicted octanol–water partition coefficient (Wildman–Crippen LogP) is 0.660. The Labute approximate surface area is 70.5 Å². The van der Waals surface area contributed by atoms with Gasteiger partial charge in [-0.25, -0.2) is 0 Å². The third-order valence-corrected chi connectivity index (χ3v) is 1.95. The maximum atomic E-state index is 11.0. The number of rotatable bonds is 4. The standard InChI is InChI=1S/C8H12O4/c1-2-12-8(11)6-3-5(6)4-7(9)10/h5-6H,2-4H2,1H3,(H,9,10)/t5-,6+/m0/s1. The summed E-state index contributed by atoms with van der Waals surface area (Å²) in [5.41, 5.74) is 0. The number of hydrogen-bond acceptors (Lipinski definition) is 3. The number of aliphatic carboxylic acids is 1. The Bertz CT molecular complexity index is 199. The van der Waals surface area contributed by atoms with Gasteiger partial charge in [-0.2, -0.15) is 0 Å². The first-order valence-corrected chi connectivity index (χ1v) is 4.03. The van der Waals surface area contributed by atoms with Crippen LogP contribution in [0.15, 0.2) is 0 Å². The lowest BCUT2D eigenvalue weighted by Crippen LogP contribution is -2.08. The van der Waals surface area contributed by atoms with Gasteiger partial charge >= 0.3 is 11.9 Å². The van der Waals surface area contributed by atoms with Crippen molar-refractivity contribution >= 4 is 11.9 Å². The molecule has 1 N–H and O–H groups in total. The molecule has 1 saturated carbocycles. The zero-order valence-electron chi connectivity index (χ0n) is 6.95. The molecule has 0 aromatic carbocycles. The molecule has 1 aliphatic carbocycles. The molecule has 0 spiro atoms. The Balaban J connectivity index is 2.23. The van der Waals surface area contributed by atoms with Crippen LogP contribution in [0.5, 0.6) is 0 Å². The van der Waals surface area contributed by atoms with Gasteiger partial charge < -0.3 is 9.84 Å². The lowest BCUT2D eigenvalue weighted by Gasteiger charge is -1.98. The van der Waals surface area contributed by atoms with Crippen LogP contribution in [-0.4, -0.2) is 23.7 Å². The minimum Gasteiger partial charge on any atom is -0.481 e. The summed E-state index contributed by atoms with van der Waals surface area (Å²) in [6.45, 7) is 2.11. The van der Waals surface area contributed by atoms with Crippen LogP contribution >= 0.6 is 0 Å². The molecule has 0 amide bonds. The van der Waals surface area contributed by atoms with Gasteiger partial charge in [0, 0.05) is 6.42 Å². The zero-order chi connectivity index (χ0) is 9.14. The fourth-order valence-corrected chi connectivity index (χ4v) is 1.24. The molecule has 4 nitrogen and oxygen atoms in total. The van der Waals surface area contributed by atoms with E-state index in [0.717, 1.165) is 0 Å². The fourth-order valence-electron chi connectivity index (χ4n) is 1.24. The van der Waals surface area contributed by atoms with Gasteiger partial charge in [0.25, 0.3) is 0 Å². The maximum Gasteiger partial charge on any atom is 0.309 e. The normalized spacial score (nSPS) is 26.4. The Morgan fingerprint density at radius 3 is 2.75 bits per heavy atom. The molecular formula is C8H12O4. The van der Waals surface area contributed by atoms with E-state index in [9.17, 15) is 9.59 Å². The first-order chi connectivity index (χ1) is 5.65. The number of carboxylic acids is 1. The summed E-state index contributed by atoms with van der Waals surface area (Å²) in [5.74, 6) is -1.22. The summed E-state index contributed by atoms with van der Waals surface area (Å²) >= 11 is 0. The predicted molar refractivity (Wildman–Crippen MR) is 40.5 cm³/mol. The molecule has 0 bridgehead atoms. The van der Waals surface area contributed by atoms with E-state index in [0.29, 0.717) is 13.0 Å². The van der Waals surface area contributed by atoms with Crippen molar-refractivity contribution in [3.8, 4) is 0 Å². The largest absolute Gasteiger partial charge is 0.481 e. The van der Waals surface area contributed by atoms with Crippen LogP contribution in [0.25, 0.3) is 0 Å². The van der Waals surface area contributed by atoms with Crippen molar-refractivity contribution in [1.29, 1.82) is 0 Å². The van der Waals surface area contributed by atoms with Crippen LogP contribution in [0.4, 0.5) is 0 Å². The number of carbonyl (C=O) groups is 2. The molecule has 0 aromatic heterocycles. The summed E-state index contributed by atoms with van der Waals surface area (Å²) in [5, 5.41) is 8.40. The van der Waals surface area contributed by atoms with Crippen LogP contribution in [-0.2, 0) is 14.3 Å². The van der Waals surface area contributed by atoms with E-state index < -0.39 is 5.97 Å². The molecule has 68 valence electrons. The number of ether oxygens (including phenoxy) is 1. The summed E-state index contributed by atoms with van der Waals surface area (Å²) in [4.78, 5) is 21.2. The van der Waals surface area contributed by atoms with E-state index in [-0.39, 0.29) is 24.2 Å². The highest BCUT2D eigenvalue weighted by Crippen LogP contribution is 2.41. The Hall–Kier alpha value is -1.06. The summed E-state index contributed by atoms with van der Waals surface area (Å²) in [6.07, 6.45) is 0.759. The van der Waals surface area contributed by atoms with Crippen molar-refractivity contribution in [1.82, 2.24) is 0 Å². The molecule has 0 heterocycles. The van der Waals surface area contributed by atoms with Gasteiger partial charge in [0.15, 0.2) is 0 Å². The van der Waals surface area contributed by atoms with E-state index in [2.05, 4.69) is 0 Å². The molecule has 0 radical (unpaired) electrons. The first kappa shape index (κ1) is 9.03. The van der Waals surface area contributed by atoms with Crippen molar-refractivity contribution < 1.29 is 19.4 Å². The highest BCUT2D eigenvalue weighted by Gasteiger charge is 2.45. The average molecular weight is 172 g/mol. The molecule has 1 rings (SSSR count). The molecular weight excluding hydrogens is 160 g/mol. The maximum absolute atomic E-state index is 11.0. The number of hydrogen-bond donors (Lipinski definition) is 1. The Kier molecular flexibility index (Phi) is 2.68. The van der Waals surface area contributed by atoms with Crippen LogP contribution in [0, 0.1) is 11.8 Å². The monoisotopic (exact) mass is 172 g/mol. The molecule has 1 fully saturated rings. The molecule has 0 aromatic rings. The first-order valence-electron chi connectivity index (χ1n) is 4.03. The van der Waals surface area contributed by atoms with Gasteiger partial charge in [0.1, 0.15) is 0 Å². The second kappa shape index (κ2) is 3.56. The van der Waals surface area contributed by atoms with Crippen molar-refractivity contribution in [2.75, 3.05) is 6.61 Å². The van der Waals surface area contributed by atoms with Crippen molar-refractivity contribution in [2.24, 2.45) is 11.8 Å². The van der Waals surface area contributed by atoms with Gasteiger partial charge in [0.05, 0.1) is 12.5 Å². The van der Waals surface area contributed by atoms with Gasteiger partial charge in [-0.15, -0.1) is 0 Å². The quantitative estimate of drug-likeness (QED) is 0.633. The fraction of sp³-hybridized carbons (Fsp3) is 0.750. The highest BCUT2D eigenvalue weighted by molar-refractivity contribution is 5.77. The van der Waals surface area contributed by atoms with Gasteiger partial charge in [-0.3, -0.25) is 9.59 Å². The van der Waals surface area contributed by atoms with Crippen molar-refractivity contribution in [2.45, 2.75) is 19.8 Å². The molecule has 0 unspecified atom stereocenters. The van der Waals surface area contributed by atoms with Crippen molar-refractivity contribution in [3.63, 3.8) is 0 Å². The minimum atomic E-state index is -0.841. The molecule has 4 heteroatoms. The van der Waals surface area contributed by atoms with Crippen LogP contribution < -0.4 is 0 Å². The second-order valence-electron chi connectivity index (χ2n) is 2.95. The second-order valence-corrected chi connectivity index (χ2v) is 2.95. The lowest BCUT2D eigenvalue weighted by molar-refractivity contribution is -0.145.